The molecule has 0 fully saturated rings. The van der Waals surface area contributed by atoms with Gasteiger partial charge in [-0.15, -0.1) is 5.10 Å². The number of hydrogen-bond acceptors (Lipinski definition) is 3. The van der Waals surface area contributed by atoms with E-state index in [0.29, 0.717) is 0 Å². The van der Waals surface area contributed by atoms with Crippen LogP contribution in [0.15, 0.2) is 46.6 Å². The maximum atomic E-state index is 4.20. The summed E-state index contributed by atoms with van der Waals surface area (Å²) in [5.74, 6) is 0. The maximum Gasteiger partial charge on any atom is 0.211 e. The molecule has 4 heteroatoms. The predicted molar refractivity (Wildman–Crippen MR) is 78.0 cm³/mol. The highest BCUT2D eigenvalue weighted by molar-refractivity contribution is 7.16. The van der Waals surface area contributed by atoms with E-state index in [9.17, 15) is 0 Å². The van der Waals surface area contributed by atoms with Gasteiger partial charge in [-0.05, 0) is 29.8 Å². The minimum atomic E-state index is 0.915. The Morgan fingerprint density at radius 1 is 1.17 bits per heavy atom. The average Bonchev–Trinajstić information content (AvgIpc) is 2.70. The Labute approximate surface area is 109 Å². The van der Waals surface area contributed by atoms with Gasteiger partial charge in [0.05, 0.1) is 10.2 Å². The molecule has 0 radical (unpaired) electrons. The van der Waals surface area contributed by atoms with Crippen molar-refractivity contribution in [1.82, 2.24) is 4.57 Å². The zero-order valence-corrected chi connectivity index (χ0v) is 11.1. The number of rotatable bonds is 1. The molecule has 0 aliphatic rings. The molecule has 3 nitrogen and oxygen atoms in total. The molecule has 0 saturated heterocycles. The molecule has 90 valence electrons. The van der Waals surface area contributed by atoms with Gasteiger partial charge in [-0.3, -0.25) is 0 Å². The van der Waals surface area contributed by atoms with Gasteiger partial charge in [-0.1, -0.05) is 35.6 Å². The van der Waals surface area contributed by atoms with Gasteiger partial charge in [0.2, 0.25) is 4.80 Å². The summed E-state index contributed by atoms with van der Waals surface area (Å²) in [4.78, 5) is 0.915. The van der Waals surface area contributed by atoms with Gasteiger partial charge in [-0.2, -0.15) is 5.10 Å². The molecular formula is C14H13N3S. The molecule has 0 amide bonds. The zero-order valence-electron chi connectivity index (χ0n) is 10.3. The van der Waals surface area contributed by atoms with Gasteiger partial charge in [0.1, 0.15) is 0 Å². The number of fused-ring (bicyclic) bond motifs is 2. The lowest BCUT2D eigenvalue weighted by Gasteiger charge is -1.99. The van der Waals surface area contributed by atoms with Crippen LogP contribution in [0.25, 0.3) is 21.0 Å². The van der Waals surface area contributed by atoms with Gasteiger partial charge >= 0.3 is 0 Å². The summed E-state index contributed by atoms with van der Waals surface area (Å²) in [7, 11) is 2.03. The van der Waals surface area contributed by atoms with E-state index in [-0.39, 0.29) is 0 Å². The molecule has 0 atom stereocenters. The normalized spacial score (nSPS) is 13.1. The van der Waals surface area contributed by atoms with Gasteiger partial charge < -0.3 is 4.57 Å². The van der Waals surface area contributed by atoms with Gasteiger partial charge in [0, 0.05) is 13.3 Å². The minimum Gasteiger partial charge on any atom is -0.318 e. The van der Waals surface area contributed by atoms with Crippen LogP contribution in [0.1, 0.15) is 6.92 Å². The van der Waals surface area contributed by atoms with Gasteiger partial charge in [0.25, 0.3) is 0 Å². The van der Waals surface area contributed by atoms with Gasteiger partial charge in [-0.25, -0.2) is 0 Å². The molecule has 3 rings (SSSR count). The van der Waals surface area contributed by atoms with Gasteiger partial charge in [0.15, 0.2) is 0 Å². The Morgan fingerprint density at radius 3 is 2.61 bits per heavy atom. The van der Waals surface area contributed by atoms with E-state index in [1.165, 1.54) is 21.0 Å². The van der Waals surface area contributed by atoms with Crippen molar-refractivity contribution in [2.75, 3.05) is 0 Å². The van der Waals surface area contributed by atoms with Crippen molar-refractivity contribution in [2.24, 2.45) is 17.3 Å². The zero-order chi connectivity index (χ0) is 12.5. The molecule has 0 N–H and O–H groups in total. The standard InChI is InChI=1S/C14H13N3S/c1-3-15-16-14-17(2)12-8-10-6-4-5-7-11(10)9-13(12)18-14/h3-9H,1-2H3/b15-3+,16-14-. The Kier molecular flexibility index (Phi) is 2.72. The largest absolute Gasteiger partial charge is 0.318 e. The summed E-state index contributed by atoms with van der Waals surface area (Å²) in [5.41, 5.74) is 1.20. The molecule has 0 aliphatic heterocycles. The van der Waals surface area contributed by atoms with Crippen molar-refractivity contribution >= 4 is 38.5 Å². The van der Waals surface area contributed by atoms with Crippen LogP contribution in [-0.4, -0.2) is 10.8 Å². The van der Waals surface area contributed by atoms with Crippen LogP contribution in [0.2, 0.25) is 0 Å². The summed E-state index contributed by atoms with van der Waals surface area (Å²) in [6.07, 6.45) is 1.70. The second-order valence-corrected chi connectivity index (χ2v) is 5.09. The van der Waals surface area contributed by atoms with E-state index >= 15 is 0 Å². The third-order valence-corrected chi connectivity index (χ3v) is 4.02. The summed E-state index contributed by atoms with van der Waals surface area (Å²) >= 11 is 1.66. The Morgan fingerprint density at radius 2 is 1.89 bits per heavy atom. The molecule has 3 aromatic rings. The van der Waals surface area contributed by atoms with E-state index in [1.54, 1.807) is 17.6 Å². The highest BCUT2D eigenvalue weighted by atomic mass is 32.1. The number of nitrogens with zero attached hydrogens (tertiary/aromatic N) is 3. The predicted octanol–water partition coefficient (Wildman–Crippen LogP) is 3.30. The molecule has 0 saturated carbocycles. The fraction of sp³-hybridized carbons (Fsp3) is 0.143. The fourth-order valence-electron chi connectivity index (χ4n) is 2.02. The van der Waals surface area contributed by atoms with Crippen molar-refractivity contribution in [3.8, 4) is 0 Å². The maximum absolute atomic E-state index is 4.20. The summed E-state index contributed by atoms with van der Waals surface area (Å²) in [6, 6.07) is 12.8. The first kappa shape index (κ1) is 11.2. The Bertz CT molecular complexity index is 809. The van der Waals surface area contributed by atoms with Crippen molar-refractivity contribution in [3.05, 3.63) is 41.2 Å². The monoisotopic (exact) mass is 255 g/mol. The summed E-state index contributed by atoms with van der Waals surface area (Å²) in [6.45, 7) is 1.87. The first-order valence-electron chi connectivity index (χ1n) is 5.79. The second-order valence-electron chi connectivity index (χ2n) is 4.08. The molecule has 0 bridgehead atoms. The summed E-state index contributed by atoms with van der Waals surface area (Å²) in [5, 5.41) is 10.7. The van der Waals surface area contributed by atoms with E-state index in [2.05, 4.69) is 51.2 Å². The Balaban J connectivity index is 2.39. The minimum absolute atomic E-state index is 0.915. The second kappa shape index (κ2) is 4.38. The highest BCUT2D eigenvalue weighted by Gasteiger charge is 2.04. The van der Waals surface area contributed by atoms with Crippen molar-refractivity contribution in [1.29, 1.82) is 0 Å². The third kappa shape index (κ3) is 1.75. The molecule has 1 heterocycles. The molecule has 18 heavy (non-hydrogen) atoms. The van der Waals surface area contributed by atoms with Crippen molar-refractivity contribution in [3.63, 3.8) is 0 Å². The van der Waals surface area contributed by atoms with Crippen LogP contribution >= 0.6 is 11.3 Å². The fourth-order valence-corrected chi connectivity index (χ4v) is 3.02. The first-order chi connectivity index (χ1) is 8.79. The number of thiazole rings is 1. The molecule has 2 aromatic carbocycles. The quantitative estimate of drug-likeness (QED) is 0.472. The molecule has 0 spiro atoms. The van der Waals surface area contributed by atoms with Crippen LogP contribution < -0.4 is 4.80 Å². The first-order valence-corrected chi connectivity index (χ1v) is 6.61. The SMILES string of the molecule is C/C=N/N=c1\sc2cc3ccccc3cc2n1C. The number of aryl methyl sites for hydroxylation is 1. The summed E-state index contributed by atoms with van der Waals surface area (Å²) < 4.78 is 3.32. The lowest BCUT2D eigenvalue weighted by molar-refractivity contribution is 0.890. The van der Waals surface area contributed by atoms with Crippen LogP contribution in [0.4, 0.5) is 0 Å². The van der Waals surface area contributed by atoms with E-state index in [0.717, 1.165) is 4.80 Å². The average molecular weight is 255 g/mol. The highest BCUT2D eigenvalue weighted by Crippen LogP contribution is 2.24. The number of hydrogen-bond donors (Lipinski definition) is 0. The van der Waals surface area contributed by atoms with E-state index < -0.39 is 0 Å². The molecular weight excluding hydrogens is 242 g/mol. The number of aromatic nitrogens is 1. The smallest absolute Gasteiger partial charge is 0.211 e. The van der Waals surface area contributed by atoms with E-state index in [1.807, 2.05) is 14.0 Å². The van der Waals surface area contributed by atoms with Crippen LogP contribution in [0, 0.1) is 0 Å². The van der Waals surface area contributed by atoms with Crippen LogP contribution in [0.5, 0.6) is 0 Å². The Hall–Kier alpha value is -1.94. The van der Waals surface area contributed by atoms with Crippen molar-refractivity contribution < 1.29 is 0 Å². The molecule has 0 aliphatic carbocycles. The lowest BCUT2D eigenvalue weighted by Crippen LogP contribution is -2.08. The molecule has 0 unspecified atom stereocenters. The van der Waals surface area contributed by atoms with Crippen LogP contribution in [-0.2, 0) is 7.05 Å². The van der Waals surface area contributed by atoms with Crippen molar-refractivity contribution in [2.45, 2.75) is 6.92 Å². The third-order valence-electron chi connectivity index (χ3n) is 2.94. The van der Waals surface area contributed by atoms with E-state index in [4.69, 9.17) is 0 Å². The number of benzene rings is 2. The topological polar surface area (TPSA) is 29.6 Å². The van der Waals surface area contributed by atoms with Crippen LogP contribution in [0.3, 0.4) is 0 Å². The lowest BCUT2D eigenvalue weighted by atomic mass is 10.1. The molecule has 1 aromatic heterocycles.